The van der Waals surface area contributed by atoms with Gasteiger partial charge in [0.25, 0.3) is 5.91 Å². The van der Waals surface area contributed by atoms with Gasteiger partial charge in [0.05, 0.1) is 25.9 Å². The van der Waals surface area contributed by atoms with Crippen LogP contribution in [0.15, 0.2) is 48.5 Å². The summed E-state index contributed by atoms with van der Waals surface area (Å²) in [6.45, 7) is 8.36. The SMILES string of the molecule is CCOc1ccc(C(CNC(=O)c2ccc(C)cc2)N2CCOCC2)cc1. The molecule has 5 heteroatoms. The second-order valence-electron chi connectivity index (χ2n) is 6.74. The van der Waals surface area contributed by atoms with Crippen LogP contribution in [0.2, 0.25) is 0 Å². The molecule has 27 heavy (non-hydrogen) atoms. The number of hydrogen-bond donors (Lipinski definition) is 1. The minimum Gasteiger partial charge on any atom is -0.494 e. The number of hydrogen-bond acceptors (Lipinski definition) is 4. The van der Waals surface area contributed by atoms with Crippen molar-refractivity contribution in [2.24, 2.45) is 0 Å². The van der Waals surface area contributed by atoms with Crippen molar-refractivity contribution in [2.45, 2.75) is 19.9 Å². The minimum atomic E-state index is -0.0424. The van der Waals surface area contributed by atoms with E-state index in [0.717, 1.165) is 37.6 Å². The quantitative estimate of drug-likeness (QED) is 0.815. The lowest BCUT2D eigenvalue weighted by atomic mass is 10.0. The van der Waals surface area contributed by atoms with E-state index in [1.807, 2.05) is 50.2 Å². The van der Waals surface area contributed by atoms with Crippen LogP contribution in [0.3, 0.4) is 0 Å². The fourth-order valence-electron chi connectivity index (χ4n) is 3.30. The van der Waals surface area contributed by atoms with Gasteiger partial charge in [0, 0.05) is 25.2 Å². The first kappa shape index (κ1) is 19.4. The number of aryl methyl sites for hydroxylation is 1. The van der Waals surface area contributed by atoms with Crippen LogP contribution in [-0.4, -0.2) is 50.3 Å². The van der Waals surface area contributed by atoms with Gasteiger partial charge >= 0.3 is 0 Å². The fourth-order valence-corrected chi connectivity index (χ4v) is 3.30. The molecule has 1 N–H and O–H groups in total. The summed E-state index contributed by atoms with van der Waals surface area (Å²) in [7, 11) is 0. The van der Waals surface area contributed by atoms with Crippen LogP contribution in [0, 0.1) is 6.92 Å². The number of carbonyl (C=O) groups excluding carboxylic acids is 1. The van der Waals surface area contributed by atoms with Crippen molar-refractivity contribution in [3.63, 3.8) is 0 Å². The Kier molecular flexibility index (Phi) is 6.85. The summed E-state index contributed by atoms with van der Waals surface area (Å²) in [6.07, 6.45) is 0. The van der Waals surface area contributed by atoms with Crippen molar-refractivity contribution in [2.75, 3.05) is 39.5 Å². The van der Waals surface area contributed by atoms with E-state index < -0.39 is 0 Å². The van der Waals surface area contributed by atoms with Gasteiger partial charge in [-0.25, -0.2) is 0 Å². The van der Waals surface area contributed by atoms with Crippen molar-refractivity contribution in [1.29, 1.82) is 0 Å². The maximum atomic E-state index is 12.5. The molecule has 1 unspecified atom stereocenters. The smallest absolute Gasteiger partial charge is 0.251 e. The van der Waals surface area contributed by atoms with Crippen LogP contribution in [0.25, 0.3) is 0 Å². The topological polar surface area (TPSA) is 50.8 Å². The van der Waals surface area contributed by atoms with E-state index in [0.29, 0.717) is 18.7 Å². The second kappa shape index (κ2) is 9.53. The van der Waals surface area contributed by atoms with Crippen molar-refractivity contribution in [3.8, 4) is 5.75 Å². The molecule has 144 valence electrons. The van der Waals surface area contributed by atoms with Crippen LogP contribution >= 0.6 is 0 Å². The average molecular weight is 368 g/mol. The number of nitrogens with zero attached hydrogens (tertiary/aromatic N) is 1. The molecular weight excluding hydrogens is 340 g/mol. The van der Waals surface area contributed by atoms with E-state index in [2.05, 4.69) is 22.3 Å². The van der Waals surface area contributed by atoms with Crippen molar-refractivity contribution >= 4 is 5.91 Å². The zero-order valence-corrected chi connectivity index (χ0v) is 16.1. The van der Waals surface area contributed by atoms with Gasteiger partial charge in [0.2, 0.25) is 0 Å². The minimum absolute atomic E-state index is 0.0424. The van der Waals surface area contributed by atoms with E-state index in [1.54, 1.807) is 0 Å². The maximum absolute atomic E-state index is 12.5. The first-order chi connectivity index (χ1) is 13.2. The summed E-state index contributed by atoms with van der Waals surface area (Å²) in [4.78, 5) is 14.9. The van der Waals surface area contributed by atoms with Crippen LogP contribution in [0.1, 0.15) is 34.5 Å². The molecule has 1 amide bonds. The molecular formula is C22H28N2O3. The maximum Gasteiger partial charge on any atom is 0.251 e. The predicted octanol–water partition coefficient (Wildman–Crippen LogP) is 3.20. The molecule has 2 aromatic rings. The van der Waals surface area contributed by atoms with Crippen LogP contribution in [0.4, 0.5) is 0 Å². The molecule has 1 saturated heterocycles. The number of benzene rings is 2. The molecule has 2 aromatic carbocycles. The Hall–Kier alpha value is -2.37. The molecule has 0 bridgehead atoms. The predicted molar refractivity (Wildman–Crippen MR) is 106 cm³/mol. The number of nitrogens with one attached hydrogen (secondary N) is 1. The third kappa shape index (κ3) is 5.31. The normalized spacial score (nSPS) is 15.9. The Bertz CT molecular complexity index is 722. The lowest BCUT2D eigenvalue weighted by Gasteiger charge is -2.35. The lowest BCUT2D eigenvalue weighted by molar-refractivity contribution is 0.0162. The summed E-state index contributed by atoms with van der Waals surface area (Å²) >= 11 is 0. The highest BCUT2D eigenvalue weighted by Crippen LogP contribution is 2.24. The average Bonchev–Trinajstić information content (AvgIpc) is 2.71. The van der Waals surface area contributed by atoms with Gasteiger partial charge in [-0.3, -0.25) is 9.69 Å². The van der Waals surface area contributed by atoms with Crippen molar-refractivity contribution in [1.82, 2.24) is 10.2 Å². The number of rotatable bonds is 7. The summed E-state index contributed by atoms with van der Waals surface area (Å²) in [6, 6.07) is 15.9. The summed E-state index contributed by atoms with van der Waals surface area (Å²) in [5.74, 6) is 0.824. The highest BCUT2D eigenvalue weighted by Gasteiger charge is 2.23. The largest absolute Gasteiger partial charge is 0.494 e. The van der Waals surface area contributed by atoms with Gasteiger partial charge in [-0.1, -0.05) is 29.8 Å². The Morgan fingerprint density at radius 1 is 1.11 bits per heavy atom. The van der Waals surface area contributed by atoms with Crippen molar-refractivity contribution < 1.29 is 14.3 Å². The highest BCUT2D eigenvalue weighted by atomic mass is 16.5. The van der Waals surface area contributed by atoms with E-state index >= 15 is 0 Å². The summed E-state index contributed by atoms with van der Waals surface area (Å²) < 4.78 is 11.0. The Labute approximate surface area is 161 Å². The third-order valence-electron chi connectivity index (χ3n) is 4.83. The van der Waals surface area contributed by atoms with Crippen LogP contribution in [0.5, 0.6) is 5.75 Å². The molecule has 0 aliphatic carbocycles. The first-order valence-electron chi connectivity index (χ1n) is 9.57. The highest BCUT2D eigenvalue weighted by molar-refractivity contribution is 5.94. The van der Waals surface area contributed by atoms with Gasteiger partial charge in [0.15, 0.2) is 0 Å². The monoisotopic (exact) mass is 368 g/mol. The van der Waals surface area contributed by atoms with Gasteiger partial charge < -0.3 is 14.8 Å². The van der Waals surface area contributed by atoms with Crippen molar-refractivity contribution in [3.05, 3.63) is 65.2 Å². The molecule has 0 radical (unpaired) electrons. The zero-order chi connectivity index (χ0) is 19.1. The molecule has 5 nitrogen and oxygen atoms in total. The molecule has 1 heterocycles. The number of ether oxygens (including phenoxy) is 2. The fraction of sp³-hybridized carbons (Fsp3) is 0.409. The van der Waals surface area contributed by atoms with E-state index in [4.69, 9.17) is 9.47 Å². The van der Waals surface area contributed by atoms with Gasteiger partial charge in [-0.15, -0.1) is 0 Å². The molecule has 0 aromatic heterocycles. The van der Waals surface area contributed by atoms with Gasteiger partial charge in [-0.2, -0.15) is 0 Å². The van der Waals surface area contributed by atoms with E-state index in [1.165, 1.54) is 5.56 Å². The Morgan fingerprint density at radius 3 is 2.41 bits per heavy atom. The first-order valence-corrected chi connectivity index (χ1v) is 9.57. The van der Waals surface area contributed by atoms with Gasteiger partial charge in [-0.05, 0) is 43.7 Å². The second-order valence-corrected chi connectivity index (χ2v) is 6.74. The number of amides is 1. The molecule has 0 spiro atoms. The Balaban J connectivity index is 1.71. The molecule has 1 aliphatic heterocycles. The van der Waals surface area contributed by atoms with Crippen LogP contribution in [-0.2, 0) is 4.74 Å². The summed E-state index contributed by atoms with van der Waals surface area (Å²) in [5.41, 5.74) is 3.00. The molecule has 1 fully saturated rings. The molecule has 1 atom stereocenters. The van der Waals surface area contributed by atoms with E-state index in [9.17, 15) is 4.79 Å². The lowest BCUT2D eigenvalue weighted by Crippen LogP contribution is -2.43. The Morgan fingerprint density at radius 2 is 1.78 bits per heavy atom. The number of carbonyl (C=O) groups is 1. The van der Waals surface area contributed by atoms with Crippen LogP contribution < -0.4 is 10.1 Å². The third-order valence-corrected chi connectivity index (χ3v) is 4.83. The van der Waals surface area contributed by atoms with Gasteiger partial charge in [0.1, 0.15) is 5.75 Å². The molecule has 1 aliphatic rings. The molecule has 3 rings (SSSR count). The van der Waals surface area contributed by atoms with E-state index in [-0.39, 0.29) is 11.9 Å². The number of morpholine rings is 1. The standard InChI is InChI=1S/C22H28N2O3/c1-3-27-20-10-8-18(9-11-20)21(24-12-14-26-15-13-24)16-23-22(25)19-6-4-17(2)5-7-19/h4-11,21H,3,12-16H2,1-2H3,(H,23,25). The zero-order valence-electron chi connectivity index (χ0n) is 16.1. The molecule has 0 saturated carbocycles. The summed E-state index contributed by atoms with van der Waals surface area (Å²) in [5, 5.41) is 3.10.